The number of carbonyl (C=O) groups is 1. The number of aromatic nitrogens is 2. The lowest BCUT2D eigenvalue weighted by Crippen LogP contribution is -2.24. The Bertz CT molecular complexity index is 1290. The van der Waals surface area contributed by atoms with Crippen molar-refractivity contribution in [2.24, 2.45) is 0 Å². The molecule has 1 N–H and O–H groups in total. The Kier molecular flexibility index (Phi) is 8.28. The fourth-order valence-electron chi connectivity index (χ4n) is 3.15. The van der Waals surface area contributed by atoms with Crippen molar-refractivity contribution in [2.45, 2.75) is 38.1 Å². The fourth-order valence-corrected chi connectivity index (χ4v) is 4.63. The number of fused-ring (bicyclic) bond motifs is 1. The lowest BCUT2D eigenvalue weighted by atomic mass is 10.1. The van der Waals surface area contributed by atoms with Crippen LogP contribution in [0.15, 0.2) is 58.5 Å². The van der Waals surface area contributed by atoms with E-state index in [0.717, 1.165) is 6.26 Å². The highest BCUT2D eigenvalue weighted by Gasteiger charge is 2.14. The molecular weight excluding hydrogens is 462 g/mol. The first kappa shape index (κ1) is 24.9. The molecule has 0 bridgehead atoms. The summed E-state index contributed by atoms with van der Waals surface area (Å²) in [6, 6.07) is 13.4. The molecular formula is C23H27N3O5S2. The second kappa shape index (κ2) is 11.0. The van der Waals surface area contributed by atoms with Gasteiger partial charge in [0, 0.05) is 24.4 Å². The maximum absolute atomic E-state index is 13.1. The standard InChI is InChI=1S/C23H27N3O5S2/c1-16(2)31-14-6-13-26-22(28)19-7-4-5-8-20(19)24-23(26)32-15-21(27)17-9-11-18(12-10-17)25-33(3,29)30/h4-5,7-12,16,25H,6,13-15H2,1-3H3. The van der Waals surface area contributed by atoms with Crippen LogP contribution in [0, 0.1) is 0 Å². The summed E-state index contributed by atoms with van der Waals surface area (Å²) in [5.74, 6) is -0.0606. The lowest BCUT2D eigenvalue weighted by Gasteiger charge is -2.14. The number of thioether (sulfide) groups is 1. The van der Waals surface area contributed by atoms with Crippen LogP contribution in [0.2, 0.25) is 0 Å². The number of nitrogens with zero attached hydrogens (tertiary/aromatic N) is 2. The summed E-state index contributed by atoms with van der Waals surface area (Å²) in [4.78, 5) is 30.4. The van der Waals surface area contributed by atoms with E-state index in [9.17, 15) is 18.0 Å². The van der Waals surface area contributed by atoms with E-state index in [1.165, 1.54) is 23.9 Å². The van der Waals surface area contributed by atoms with Crippen molar-refractivity contribution in [3.05, 3.63) is 64.4 Å². The van der Waals surface area contributed by atoms with Crippen LogP contribution in [0.4, 0.5) is 5.69 Å². The van der Waals surface area contributed by atoms with E-state index in [-0.39, 0.29) is 23.2 Å². The second-order valence-electron chi connectivity index (χ2n) is 7.80. The van der Waals surface area contributed by atoms with Crippen molar-refractivity contribution in [1.29, 1.82) is 0 Å². The second-order valence-corrected chi connectivity index (χ2v) is 10.5. The summed E-state index contributed by atoms with van der Waals surface area (Å²) >= 11 is 1.21. The van der Waals surface area contributed by atoms with Gasteiger partial charge in [-0.05, 0) is 56.7 Å². The molecule has 0 radical (unpaired) electrons. The van der Waals surface area contributed by atoms with Gasteiger partial charge < -0.3 is 4.74 Å². The SMILES string of the molecule is CC(C)OCCCn1c(SCC(=O)c2ccc(NS(C)(=O)=O)cc2)nc2ccccc2c1=O. The van der Waals surface area contributed by atoms with Gasteiger partial charge in [0.05, 0.1) is 29.0 Å². The summed E-state index contributed by atoms with van der Waals surface area (Å²) in [5.41, 5.74) is 1.27. The van der Waals surface area contributed by atoms with Crippen molar-refractivity contribution >= 4 is 44.2 Å². The minimum Gasteiger partial charge on any atom is -0.379 e. The molecule has 3 rings (SSSR count). The van der Waals surface area contributed by atoms with Crippen LogP contribution < -0.4 is 10.3 Å². The van der Waals surface area contributed by atoms with Crippen molar-refractivity contribution < 1.29 is 17.9 Å². The highest BCUT2D eigenvalue weighted by Crippen LogP contribution is 2.20. The number of anilines is 1. The van der Waals surface area contributed by atoms with E-state index in [1.807, 2.05) is 19.9 Å². The molecule has 0 fully saturated rings. The van der Waals surface area contributed by atoms with Gasteiger partial charge in [-0.15, -0.1) is 0 Å². The van der Waals surface area contributed by atoms with Crippen LogP contribution in [-0.2, 0) is 21.3 Å². The predicted molar refractivity (Wildman–Crippen MR) is 132 cm³/mol. The number of ether oxygens (including phenoxy) is 1. The van der Waals surface area contributed by atoms with Gasteiger partial charge in [-0.1, -0.05) is 23.9 Å². The number of hydrogen-bond acceptors (Lipinski definition) is 7. The number of rotatable bonds is 11. The number of nitrogens with one attached hydrogen (secondary N) is 1. The van der Waals surface area contributed by atoms with Crippen LogP contribution in [0.3, 0.4) is 0 Å². The van der Waals surface area contributed by atoms with E-state index >= 15 is 0 Å². The molecule has 0 saturated heterocycles. The van der Waals surface area contributed by atoms with Crippen LogP contribution in [0.25, 0.3) is 10.9 Å². The van der Waals surface area contributed by atoms with Crippen LogP contribution in [0.5, 0.6) is 0 Å². The van der Waals surface area contributed by atoms with E-state index in [2.05, 4.69) is 9.71 Å². The quantitative estimate of drug-likeness (QED) is 0.190. The summed E-state index contributed by atoms with van der Waals surface area (Å²) in [5, 5.41) is 1.01. The molecule has 1 heterocycles. The normalized spacial score (nSPS) is 11.8. The van der Waals surface area contributed by atoms with Gasteiger partial charge in [-0.2, -0.15) is 0 Å². The fraction of sp³-hybridized carbons (Fsp3) is 0.348. The van der Waals surface area contributed by atoms with Crippen molar-refractivity contribution in [3.8, 4) is 0 Å². The maximum Gasteiger partial charge on any atom is 0.262 e. The number of Topliss-reactive ketones (excluding diaryl/α,β-unsaturated/α-hetero) is 1. The van der Waals surface area contributed by atoms with E-state index in [4.69, 9.17) is 4.74 Å². The average molecular weight is 490 g/mol. The third kappa shape index (κ3) is 7.15. The van der Waals surface area contributed by atoms with Gasteiger partial charge in [0.25, 0.3) is 5.56 Å². The zero-order valence-electron chi connectivity index (χ0n) is 18.8. The number of benzene rings is 2. The molecule has 3 aromatic rings. The minimum atomic E-state index is -3.39. The van der Waals surface area contributed by atoms with E-state index in [1.54, 1.807) is 34.9 Å². The zero-order chi connectivity index (χ0) is 24.0. The molecule has 33 heavy (non-hydrogen) atoms. The van der Waals surface area contributed by atoms with Gasteiger partial charge in [0.2, 0.25) is 10.0 Å². The summed E-state index contributed by atoms with van der Waals surface area (Å²) in [6.45, 7) is 4.88. The maximum atomic E-state index is 13.1. The summed E-state index contributed by atoms with van der Waals surface area (Å²) in [6.07, 6.45) is 1.82. The number of para-hydroxylation sites is 1. The molecule has 2 aromatic carbocycles. The van der Waals surface area contributed by atoms with Gasteiger partial charge in [-0.25, -0.2) is 13.4 Å². The molecule has 0 aliphatic rings. The molecule has 0 amide bonds. The average Bonchev–Trinajstić information content (AvgIpc) is 2.75. The Morgan fingerprint density at radius 2 is 1.85 bits per heavy atom. The Balaban J connectivity index is 1.77. The smallest absolute Gasteiger partial charge is 0.262 e. The van der Waals surface area contributed by atoms with Crippen molar-refractivity contribution in [1.82, 2.24) is 9.55 Å². The number of hydrogen-bond donors (Lipinski definition) is 1. The van der Waals surface area contributed by atoms with E-state index in [0.29, 0.717) is 46.9 Å². The highest BCUT2D eigenvalue weighted by atomic mass is 32.2. The van der Waals surface area contributed by atoms with Crippen LogP contribution in [-0.4, -0.2) is 48.5 Å². The van der Waals surface area contributed by atoms with Crippen molar-refractivity contribution in [3.63, 3.8) is 0 Å². The van der Waals surface area contributed by atoms with Crippen LogP contribution in [0.1, 0.15) is 30.6 Å². The Morgan fingerprint density at radius 1 is 1.15 bits per heavy atom. The first-order valence-corrected chi connectivity index (χ1v) is 13.4. The molecule has 0 atom stereocenters. The Morgan fingerprint density at radius 3 is 2.52 bits per heavy atom. The van der Waals surface area contributed by atoms with Crippen molar-refractivity contribution in [2.75, 3.05) is 23.3 Å². The third-order valence-corrected chi connectivity index (χ3v) is 6.23. The molecule has 0 spiro atoms. The van der Waals surface area contributed by atoms with Gasteiger partial charge >= 0.3 is 0 Å². The number of sulfonamides is 1. The minimum absolute atomic E-state index is 0.0894. The molecule has 8 nitrogen and oxygen atoms in total. The largest absolute Gasteiger partial charge is 0.379 e. The van der Waals surface area contributed by atoms with Gasteiger partial charge in [0.1, 0.15) is 0 Å². The lowest BCUT2D eigenvalue weighted by molar-refractivity contribution is 0.0743. The van der Waals surface area contributed by atoms with Gasteiger partial charge in [0.15, 0.2) is 10.9 Å². The predicted octanol–water partition coefficient (Wildman–Crippen LogP) is 3.56. The molecule has 0 unspecified atom stereocenters. The molecule has 10 heteroatoms. The zero-order valence-corrected chi connectivity index (χ0v) is 20.4. The Hall–Kier alpha value is -2.69. The monoisotopic (exact) mass is 489 g/mol. The van der Waals surface area contributed by atoms with Gasteiger partial charge in [-0.3, -0.25) is 18.9 Å². The van der Waals surface area contributed by atoms with Crippen LogP contribution >= 0.6 is 11.8 Å². The summed E-state index contributed by atoms with van der Waals surface area (Å²) < 4.78 is 32.2. The molecule has 0 saturated carbocycles. The molecule has 0 aliphatic heterocycles. The number of ketones is 1. The Labute approximate surface area is 197 Å². The highest BCUT2D eigenvalue weighted by molar-refractivity contribution is 7.99. The summed E-state index contributed by atoms with van der Waals surface area (Å²) in [7, 11) is -3.39. The molecule has 0 aliphatic carbocycles. The first-order valence-electron chi connectivity index (χ1n) is 10.5. The third-order valence-electron chi connectivity index (χ3n) is 4.65. The molecule has 1 aromatic heterocycles. The molecule has 176 valence electrons. The first-order chi connectivity index (χ1) is 15.6. The topological polar surface area (TPSA) is 107 Å². The number of carbonyl (C=O) groups excluding carboxylic acids is 1. The van der Waals surface area contributed by atoms with E-state index < -0.39 is 10.0 Å².